The van der Waals surface area contributed by atoms with E-state index in [2.05, 4.69) is 5.32 Å². The molecule has 0 spiro atoms. The van der Waals surface area contributed by atoms with Crippen molar-refractivity contribution in [2.45, 2.75) is 27.2 Å². The van der Waals surface area contributed by atoms with Gasteiger partial charge in [0.2, 0.25) is 0 Å². The van der Waals surface area contributed by atoms with Gasteiger partial charge in [-0.15, -0.1) is 0 Å². The summed E-state index contributed by atoms with van der Waals surface area (Å²) < 4.78 is 18.3. The van der Waals surface area contributed by atoms with E-state index in [4.69, 9.17) is 10.5 Å². The van der Waals surface area contributed by atoms with E-state index in [-0.39, 0.29) is 22.7 Å². The van der Waals surface area contributed by atoms with Crippen molar-refractivity contribution in [3.05, 3.63) is 29.1 Å². The summed E-state index contributed by atoms with van der Waals surface area (Å²) in [5.74, 6) is -1.26. The molecule has 0 bridgehead atoms. The van der Waals surface area contributed by atoms with Crippen molar-refractivity contribution >= 4 is 17.6 Å². The average Bonchev–Trinajstić information content (AvgIpc) is 2.41. The number of ether oxygens (including phenoxy) is 1. The maximum absolute atomic E-state index is 13.5. The Labute approximate surface area is 123 Å². The molecule has 0 radical (unpaired) electrons. The Morgan fingerprint density at radius 3 is 2.62 bits per heavy atom. The number of anilines is 1. The molecule has 0 fully saturated rings. The Balaban J connectivity index is 2.49. The number of nitrogens with one attached hydrogen (secondary N) is 1. The quantitative estimate of drug-likeness (QED) is 0.621. The van der Waals surface area contributed by atoms with E-state index in [1.807, 2.05) is 13.8 Å². The number of carbonyl (C=O) groups is 2. The van der Waals surface area contributed by atoms with Gasteiger partial charge >= 0.3 is 5.97 Å². The molecule has 0 aromatic heterocycles. The normalized spacial score (nSPS) is 10.5. The van der Waals surface area contributed by atoms with Gasteiger partial charge in [-0.05, 0) is 31.4 Å². The molecule has 116 valence electrons. The molecule has 0 aliphatic rings. The molecule has 1 aromatic carbocycles. The molecule has 6 heteroatoms. The summed E-state index contributed by atoms with van der Waals surface area (Å²) in [6.45, 7) is 5.74. The maximum Gasteiger partial charge on any atom is 0.338 e. The van der Waals surface area contributed by atoms with E-state index in [0.717, 1.165) is 12.5 Å². The molecular weight excluding hydrogens is 275 g/mol. The largest absolute Gasteiger partial charge is 0.452 e. The number of esters is 1. The van der Waals surface area contributed by atoms with Crippen LogP contribution in [0.2, 0.25) is 0 Å². The smallest absolute Gasteiger partial charge is 0.338 e. The van der Waals surface area contributed by atoms with Crippen LogP contribution in [-0.4, -0.2) is 25.0 Å². The van der Waals surface area contributed by atoms with Crippen LogP contribution in [0.1, 0.15) is 36.2 Å². The second kappa shape index (κ2) is 7.61. The Morgan fingerprint density at radius 2 is 2.05 bits per heavy atom. The van der Waals surface area contributed by atoms with Gasteiger partial charge in [0.05, 0.1) is 5.56 Å². The first-order valence-corrected chi connectivity index (χ1v) is 6.80. The molecular formula is C15H21FN2O3. The highest BCUT2D eigenvalue weighted by Gasteiger charge is 2.14. The van der Waals surface area contributed by atoms with Crippen molar-refractivity contribution < 1.29 is 18.7 Å². The molecule has 0 saturated heterocycles. The molecule has 1 amide bonds. The second-order valence-corrected chi connectivity index (χ2v) is 5.28. The number of nitrogens with two attached hydrogens (primary N) is 1. The number of hydrogen-bond donors (Lipinski definition) is 2. The molecule has 0 aliphatic heterocycles. The third-order valence-electron chi connectivity index (χ3n) is 3.00. The molecule has 0 atom stereocenters. The van der Waals surface area contributed by atoms with Crippen LogP contribution in [0.4, 0.5) is 10.1 Å². The summed E-state index contributed by atoms with van der Waals surface area (Å²) in [6.07, 6.45) is 0.847. The molecule has 0 unspecified atom stereocenters. The van der Waals surface area contributed by atoms with Crippen LogP contribution < -0.4 is 11.1 Å². The van der Waals surface area contributed by atoms with Gasteiger partial charge in [0.1, 0.15) is 5.82 Å². The highest BCUT2D eigenvalue weighted by molar-refractivity contribution is 5.92. The van der Waals surface area contributed by atoms with Crippen LogP contribution in [0, 0.1) is 18.7 Å². The fourth-order valence-electron chi connectivity index (χ4n) is 1.58. The van der Waals surface area contributed by atoms with E-state index in [1.54, 1.807) is 0 Å². The summed E-state index contributed by atoms with van der Waals surface area (Å²) in [7, 11) is 0. The third-order valence-corrected chi connectivity index (χ3v) is 3.00. The average molecular weight is 296 g/mol. The zero-order valence-electron chi connectivity index (χ0n) is 12.5. The minimum Gasteiger partial charge on any atom is -0.452 e. The number of amides is 1. The van der Waals surface area contributed by atoms with Gasteiger partial charge in [0.15, 0.2) is 6.61 Å². The summed E-state index contributed by atoms with van der Waals surface area (Å²) in [5, 5.41) is 2.64. The zero-order chi connectivity index (χ0) is 16.0. The van der Waals surface area contributed by atoms with Gasteiger partial charge in [-0.2, -0.15) is 0 Å². The lowest BCUT2D eigenvalue weighted by Gasteiger charge is -2.09. The first kappa shape index (κ1) is 16.9. The van der Waals surface area contributed by atoms with Crippen LogP contribution in [0.3, 0.4) is 0 Å². The van der Waals surface area contributed by atoms with Crippen molar-refractivity contribution in [2.75, 3.05) is 18.9 Å². The van der Waals surface area contributed by atoms with Crippen LogP contribution in [0.5, 0.6) is 0 Å². The Kier molecular flexibility index (Phi) is 6.14. The van der Waals surface area contributed by atoms with Gasteiger partial charge in [-0.25, -0.2) is 9.18 Å². The third kappa shape index (κ3) is 5.41. The van der Waals surface area contributed by atoms with Crippen molar-refractivity contribution in [1.29, 1.82) is 0 Å². The van der Waals surface area contributed by atoms with Crippen molar-refractivity contribution in [1.82, 2.24) is 5.32 Å². The fraction of sp³-hybridized carbons (Fsp3) is 0.467. The predicted molar refractivity (Wildman–Crippen MR) is 78.3 cm³/mol. The second-order valence-electron chi connectivity index (χ2n) is 5.28. The molecule has 5 nitrogen and oxygen atoms in total. The van der Waals surface area contributed by atoms with Gasteiger partial charge in [0, 0.05) is 17.8 Å². The van der Waals surface area contributed by atoms with Crippen LogP contribution in [0.25, 0.3) is 0 Å². The number of hydrogen-bond acceptors (Lipinski definition) is 4. The first-order valence-electron chi connectivity index (χ1n) is 6.80. The van der Waals surface area contributed by atoms with Crippen LogP contribution in [-0.2, 0) is 9.53 Å². The lowest BCUT2D eigenvalue weighted by molar-refractivity contribution is -0.124. The summed E-state index contributed by atoms with van der Waals surface area (Å²) in [5.41, 5.74) is 6.02. The van der Waals surface area contributed by atoms with Gasteiger partial charge < -0.3 is 15.8 Å². The number of halogens is 1. The Hall–Kier alpha value is -2.11. The van der Waals surface area contributed by atoms with Crippen LogP contribution in [0.15, 0.2) is 12.1 Å². The molecule has 21 heavy (non-hydrogen) atoms. The van der Waals surface area contributed by atoms with E-state index in [0.29, 0.717) is 12.5 Å². The van der Waals surface area contributed by atoms with Gasteiger partial charge in [0.25, 0.3) is 5.91 Å². The van der Waals surface area contributed by atoms with Crippen molar-refractivity contribution in [3.63, 3.8) is 0 Å². The molecule has 0 saturated carbocycles. The number of carbonyl (C=O) groups excluding carboxylic acids is 2. The van der Waals surface area contributed by atoms with Gasteiger partial charge in [-0.1, -0.05) is 13.8 Å². The molecule has 1 rings (SSSR count). The van der Waals surface area contributed by atoms with E-state index in [9.17, 15) is 14.0 Å². The molecule has 0 heterocycles. The zero-order valence-corrected chi connectivity index (χ0v) is 12.5. The Bertz CT molecular complexity index is 507. The topological polar surface area (TPSA) is 81.4 Å². The lowest BCUT2D eigenvalue weighted by atomic mass is 10.1. The lowest BCUT2D eigenvalue weighted by Crippen LogP contribution is -2.30. The molecule has 1 aromatic rings. The summed E-state index contributed by atoms with van der Waals surface area (Å²) in [4.78, 5) is 23.2. The Morgan fingerprint density at radius 1 is 1.38 bits per heavy atom. The monoisotopic (exact) mass is 296 g/mol. The maximum atomic E-state index is 13.5. The number of benzene rings is 1. The number of rotatable bonds is 6. The van der Waals surface area contributed by atoms with Crippen molar-refractivity contribution in [3.8, 4) is 0 Å². The molecule has 0 aliphatic carbocycles. The SMILES string of the molecule is Cc1c(N)cc(C(=O)OCC(=O)NCCC(C)C)cc1F. The first-order chi connectivity index (χ1) is 9.81. The standard InChI is InChI=1S/C15H21FN2O3/c1-9(2)4-5-18-14(19)8-21-15(20)11-6-12(16)10(3)13(17)7-11/h6-7,9H,4-5,8,17H2,1-3H3,(H,18,19). The summed E-state index contributed by atoms with van der Waals surface area (Å²) >= 11 is 0. The fourth-order valence-corrected chi connectivity index (χ4v) is 1.58. The molecule has 3 N–H and O–H groups in total. The summed E-state index contributed by atoms with van der Waals surface area (Å²) in [6, 6.07) is 2.38. The van der Waals surface area contributed by atoms with Gasteiger partial charge in [-0.3, -0.25) is 4.79 Å². The number of nitrogen functional groups attached to an aromatic ring is 1. The van der Waals surface area contributed by atoms with Crippen LogP contribution >= 0.6 is 0 Å². The minimum absolute atomic E-state index is 0.00872. The van der Waals surface area contributed by atoms with E-state index in [1.165, 1.54) is 13.0 Å². The highest BCUT2D eigenvalue weighted by Crippen LogP contribution is 2.18. The van der Waals surface area contributed by atoms with Crippen molar-refractivity contribution in [2.24, 2.45) is 5.92 Å². The van der Waals surface area contributed by atoms with E-state index < -0.39 is 18.4 Å². The predicted octanol–water partition coefficient (Wildman–Crippen LogP) is 2.04. The highest BCUT2D eigenvalue weighted by atomic mass is 19.1. The van der Waals surface area contributed by atoms with E-state index >= 15 is 0 Å². The minimum atomic E-state index is -0.778.